The minimum Gasteiger partial charge on any atom is -0.396 e. The molecule has 0 fully saturated rings. The topological polar surface area (TPSA) is 76.0 Å². The van der Waals surface area contributed by atoms with Crippen molar-refractivity contribution in [2.45, 2.75) is 27.2 Å². The summed E-state index contributed by atoms with van der Waals surface area (Å²) in [6.07, 6.45) is 0.488. The zero-order chi connectivity index (χ0) is 23.8. The molecule has 0 aliphatic heterocycles. The smallest absolute Gasteiger partial charge is 0.221 e. The maximum atomic E-state index is 12.2. The summed E-state index contributed by atoms with van der Waals surface area (Å²) >= 11 is 0. The van der Waals surface area contributed by atoms with Gasteiger partial charge in [0.05, 0.1) is 0 Å². The second-order valence-electron chi connectivity index (χ2n) is 7.77. The predicted molar refractivity (Wildman–Crippen MR) is 133 cm³/mol. The average molecular weight is 462 g/mol. The molecular weight excluding hydrogens is 434 g/mol. The van der Waals surface area contributed by atoms with Gasteiger partial charge in [-0.15, -0.1) is 0 Å². The largest absolute Gasteiger partial charge is 0.396 e. The number of nitrogens with zero attached hydrogens (tertiary/aromatic N) is 1. The minimum atomic E-state index is -2.38. The molecule has 4 aromatic carbocycles. The number of carbonyl (C=O) groups is 1. The first-order valence-electron chi connectivity index (χ1n) is 10.5. The third-order valence-electron chi connectivity index (χ3n) is 5.25. The third kappa shape index (κ3) is 6.75. The van der Waals surface area contributed by atoms with Crippen molar-refractivity contribution in [1.29, 1.82) is 0 Å². The van der Waals surface area contributed by atoms with Crippen molar-refractivity contribution in [3.05, 3.63) is 113 Å². The van der Waals surface area contributed by atoms with Crippen LogP contribution in [-0.4, -0.2) is 15.2 Å². The van der Waals surface area contributed by atoms with Gasteiger partial charge < -0.3 is 4.18 Å². The molecule has 0 aromatic heterocycles. The summed E-state index contributed by atoms with van der Waals surface area (Å²) in [5.74, 6) is 0.610. The van der Waals surface area contributed by atoms with Gasteiger partial charge in [0.2, 0.25) is 10.9 Å². The van der Waals surface area contributed by atoms with E-state index in [1.807, 2.05) is 60.7 Å². The first-order valence-corrected chi connectivity index (χ1v) is 11.6. The van der Waals surface area contributed by atoms with E-state index in [1.165, 1.54) is 16.7 Å². The van der Waals surface area contributed by atoms with E-state index in [2.05, 4.69) is 37.4 Å². The second-order valence-corrected chi connectivity index (χ2v) is 8.61. The van der Waals surface area contributed by atoms with E-state index >= 15 is 0 Å². The van der Waals surface area contributed by atoms with E-state index < -0.39 is 10.9 Å². The van der Waals surface area contributed by atoms with Crippen LogP contribution in [0.15, 0.2) is 89.5 Å². The summed E-state index contributed by atoms with van der Waals surface area (Å²) < 4.78 is 18.2. The Morgan fingerprint density at radius 3 is 2.09 bits per heavy atom. The van der Waals surface area contributed by atoms with Gasteiger partial charge in [-0.3, -0.25) is 10.0 Å². The van der Waals surface area contributed by atoms with E-state index in [-0.39, 0.29) is 5.78 Å². The fourth-order valence-corrected chi connectivity index (χ4v) is 4.04. The van der Waals surface area contributed by atoms with E-state index in [0.717, 1.165) is 21.9 Å². The van der Waals surface area contributed by atoms with Crippen molar-refractivity contribution in [3.63, 3.8) is 0 Å². The van der Waals surface area contributed by atoms with Gasteiger partial charge in [-0.05, 0) is 64.9 Å². The fraction of sp³-hybridized carbons (Fsp3) is 0.148. The van der Waals surface area contributed by atoms with Crippen LogP contribution in [0.3, 0.4) is 0 Å². The van der Waals surface area contributed by atoms with Gasteiger partial charge in [0.25, 0.3) is 0 Å². The van der Waals surface area contributed by atoms with Gasteiger partial charge in [0.1, 0.15) is 5.75 Å². The fourth-order valence-electron chi connectivity index (χ4n) is 3.71. The van der Waals surface area contributed by atoms with Crippen LogP contribution in [0.1, 0.15) is 32.6 Å². The lowest BCUT2D eigenvalue weighted by atomic mass is 9.94. The maximum absolute atomic E-state index is 12.2. The van der Waals surface area contributed by atoms with E-state index in [9.17, 15) is 9.00 Å². The molecule has 0 spiro atoms. The Hall–Kier alpha value is -3.48. The van der Waals surface area contributed by atoms with Crippen LogP contribution in [0.4, 0.5) is 0 Å². The highest BCUT2D eigenvalue weighted by atomic mass is 32.2. The number of hydrogen-bond acceptors (Lipinski definition) is 4. The summed E-state index contributed by atoms with van der Waals surface area (Å²) in [6, 6.07) is 26.8. The monoisotopic (exact) mass is 461 g/mol. The summed E-state index contributed by atoms with van der Waals surface area (Å²) in [5.41, 5.74) is 5.61. The number of thiol groups is 1. The zero-order valence-electron chi connectivity index (χ0n) is 18.9. The molecule has 0 aliphatic carbocycles. The van der Waals surface area contributed by atoms with Gasteiger partial charge in [-0.1, -0.05) is 78.4 Å². The molecule has 4 aromatic rings. The van der Waals surface area contributed by atoms with Gasteiger partial charge in [-0.2, -0.15) is 0 Å². The second kappa shape index (κ2) is 11.4. The first kappa shape index (κ1) is 24.2. The highest BCUT2D eigenvalue weighted by Crippen LogP contribution is 2.21. The summed E-state index contributed by atoms with van der Waals surface area (Å²) in [7, 11) is -2.38. The van der Waals surface area contributed by atoms with E-state index in [1.54, 1.807) is 12.1 Å². The molecule has 0 bridgehead atoms. The summed E-state index contributed by atoms with van der Waals surface area (Å²) in [6.45, 7) is 6.24. The molecule has 6 heteroatoms. The van der Waals surface area contributed by atoms with Crippen molar-refractivity contribution < 1.29 is 18.4 Å². The molecule has 0 saturated heterocycles. The number of carbonyl (C=O) groups excluding carboxylic acids is 1. The highest BCUT2D eigenvalue weighted by molar-refractivity contribution is 7.70. The molecule has 1 atom stereocenters. The van der Waals surface area contributed by atoms with Crippen molar-refractivity contribution in [2.75, 3.05) is 0 Å². The molecule has 0 amide bonds. The van der Waals surface area contributed by atoms with Crippen LogP contribution in [0.5, 0.6) is 5.75 Å². The Labute approximate surface area is 196 Å². The predicted octanol–water partition coefficient (Wildman–Crippen LogP) is 6.22. The lowest BCUT2D eigenvalue weighted by molar-refractivity contribution is 0.0992. The maximum Gasteiger partial charge on any atom is 0.221 e. The number of aryl methyl sites for hydroxylation is 3. The quantitative estimate of drug-likeness (QED) is 0.210. The molecule has 170 valence electrons. The van der Waals surface area contributed by atoms with Crippen LogP contribution >= 0.6 is 0 Å². The Kier molecular flexibility index (Phi) is 8.35. The molecule has 33 heavy (non-hydrogen) atoms. The lowest BCUT2D eigenvalue weighted by Crippen LogP contribution is -2.06. The summed E-state index contributed by atoms with van der Waals surface area (Å²) in [5, 5.41) is 10.3. The lowest BCUT2D eigenvalue weighted by Gasteiger charge is -2.10. The molecule has 0 radical (unpaired) electrons. The molecule has 0 saturated carbocycles. The van der Waals surface area contributed by atoms with Crippen molar-refractivity contribution in [1.82, 2.24) is 0 Å². The minimum absolute atomic E-state index is 0.186. The molecular formula is C27H27NO4S. The standard InChI is InChI=1S/C17H18O.C10H9NO3S/c1-12-9-13(2)16(14(3)10-12)11-17(18)15-7-5-4-6-8-15;12-11-15(13)14-10-6-5-8-3-1-2-4-9(8)7-10/h4-10H,11H2,1-3H3;1-7,12,15H. The molecule has 4 rings (SSSR count). The highest BCUT2D eigenvalue weighted by Gasteiger charge is 2.11. The number of fused-ring (bicyclic) bond motifs is 1. The van der Waals surface area contributed by atoms with Gasteiger partial charge in [-0.25, -0.2) is 4.21 Å². The van der Waals surface area contributed by atoms with Crippen molar-refractivity contribution in [3.8, 4) is 5.75 Å². The van der Waals surface area contributed by atoms with Gasteiger partial charge >= 0.3 is 0 Å². The number of rotatable bonds is 5. The average Bonchev–Trinajstić information content (AvgIpc) is 2.82. The summed E-state index contributed by atoms with van der Waals surface area (Å²) in [4.78, 5) is 12.2. The van der Waals surface area contributed by atoms with E-state index in [4.69, 9.17) is 9.39 Å². The number of hydrogen-bond donors (Lipinski definition) is 2. The number of benzene rings is 4. The Morgan fingerprint density at radius 1 is 0.848 bits per heavy atom. The van der Waals surface area contributed by atoms with Gasteiger partial charge in [0.15, 0.2) is 5.78 Å². The van der Waals surface area contributed by atoms with Crippen LogP contribution < -0.4 is 4.18 Å². The Balaban J connectivity index is 0.000000189. The number of Topliss-reactive ketones (excluding diaryl/α,β-unsaturated/α-hetero) is 1. The molecule has 5 nitrogen and oxygen atoms in total. The Morgan fingerprint density at radius 2 is 1.45 bits per heavy atom. The van der Waals surface area contributed by atoms with Crippen LogP contribution in [0.25, 0.3) is 10.8 Å². The van der Waals surface area contributed by atoms with E-state index in [0.29, 0.717) is 12.2 Å². The first-order chi connectivity index (χ1) is 15.9. The molecule has 0 heterocycles. The number of ketones is 1. The van der Waals surface area contributed by atoms with Crippen LogP contribution in [-0.2, 0) is 17.3 Å². The SMILES string of the molecule is Cc1cc(C)c(CC(=O)c2ccccc2)c(C)c1.O=[SH](=NO)Oc1ccc2ccccc2c1. The molecule has 1 N–H and O–H groups in total. The van der Waals surface area contributed by atoms with Crippen LogP contribution in [0, 0.1) is 20.8 Å². The molecule has 0 aliphatic rings. The van der Waals surface area contributed by atoms with Crippen molar-refractivity contribution >= 4 is 27.4 Å². The zero-order valence-corrected chi connectivity index (χ0v) is 19.8. The Bertz CT molecular complexity index is 1320. The van der Waals surface area contributed by atoms with Gasteiger partial charge in [0, 0.05) is 12.0 Å². The molecule has 1 unspecified atom stereocenters. The third-order valence-corrected chi connectivity index (χ3v) is 5.76. The normalized spacial score (nSPS) is 11.5. The van der Waals surface area contributed by atoms with Crippen molar-refractivity contribution in [2.24, 2.45) is 4.53 Å². The van der Waals surface area contributed by atoms with Crippen LogP contribution in [0.2, 0.25) is 0 Å².